The predicted molar refractivity (Wildman–Crippen MR) is 127 cm³/mol. The van der Waals surface area contributed by atoms with E-state index >= 15 is 0 Å². The summed E-state index contributed by atoms with van der Waals surface area (Å²) in [7, 11) is 0. The lowest BCUT2D eigenvalue weighted by atomic mass is 10.1. The van der Waals surface area contributed by atoms with E-state index in [-0.39, 0.29) is 12.5 Å². The number of amides is 1. The van der Waals surface area contributed by atoms with Gasteiger partial charge in [0, 0.05) is 5.02 Å². The van der Waals surface area contributed by atoms with Crippen molar-refractivity contribution in [1.29, 1.82) is 0 Å². The predicted octanol–water partition coefficient (Wildman–Crippen LogP) is 5.60. The Morgan fingerprint density at radius 2 is 1.62 bits per heavy atom. The average Bonchev–Trinajstić information content (AvgIpc) is 2.82. The maximum absolute atomic E-state index is 12.0. The number of carbonyl (C=O) groups is 1. The lowest BCUT2D eigenvalue weighted by Gasteiger charge is -2.07. The fraction of sp³-hybridized carbons (Fsp3) is 0.0769. The number of hydrazone groups is 1. The van der Waals surface area contributed by atoms with E-state index in [4.69, 9.17) is 21.1 Å². The van der Waals surface area contributed by atoms with Crippen molar-refractivity contribution < 1.29 is 14.3 Å². The second-order valence-corrected chi connectivity index (χ2v) is 7.51. The summed E-state index contributed by atoms with van der Waals surface area (Å²) in [5.74, 6) is 0.993. The van der Waals surface area contributed by atoms with Crippen LogP contribution in [0.3, 0.4) is 0 Å². The quantitative estimate of drug-likeness (QED) is 0.284. The van der Waals surface area contributed by atoms with Crippen LogP contribution in [0.2, 0.25) is 5.02 Å². The molecule has 4 aromatic rings. The van der Waals surface area contributed by atoms with Crippen molar-refractivity contribution in [2.24, 2.45) is 5.10 Å². The second-order valence-electron chi connectivity index (χ2n) is 7.08. The molecule has 4 rings (SSSR count). The molecule has 0 radical (unpaired) electrons. The molecule has 0 spiro atoms. The largest absolute Gasteiger partial charge is 0.489 e. The second kappa shape index (κ2) is 10.5. The van der Waals surface area contributed by atoms with E-state index < -0.39 is 0 Å². The SMILES string of the molecule is O=C(COc1ccc2ccccc2c1)NN=Cc1cccc(OCc2ccc(Cl)cc2)c1. The fourth-order valence-corrected chi connectivity index (χ4v) is 3.18. The highest BCUT2D eigenvalue weighted by atomic mass is 35.5. The maximum Gasteiger partial charge on any atom is 0.277 e. The Balaban J connectivity index is 1.26. The Morgan fingerprint density at radius 3 is 2.47 bits per heavy atom. The van der Waals surface area contributed by atoms with E-state index in [0.29, 0.717) is 23.1 Å². The van der Waals surface area contributed by atoms with Crippen LogP contribution in [0, 0.1) is 0 Å². The molecular formula is C26H21ClN2O3. The Bertz CT molecular complexity index is 1240. The average molecular weight is 445 g/mol. The van der Waals surface area contributed by atoms with E-state index in [1.165, 1.54) is 0 Å². The first-order valence-electron chi connectivity index (χ1n) is 10.1. The summed E-state index contributed by atoms with van der Waals surface area (Å²) < 4.78 is 11.4. The monoisotopic (exact) mass is 444 g/mol. The number of nitrogens with one attached hydrogen (secondary N) is 1. The van der Waals surface area contributed by atoms with Crippen molar-refractivity contribution in [3.05, 3.63) is 107 Å². The molecule has 0 fully saturated rings. The number of nitrogens with zero attached hydrogens (tertiary/aromatic N) is 1. The number of fused-ring (bicyclic) bond motifs is 1. The van der Waals surface area contributed by atoms with E-state index in [1.807, 2.05) is 91.0 Å². The number of hydrogen-bond acceptors (Lipinski definition) is 4. The number of hydrogen-bond donors (Lipinski definition) is 1. The zero-order valence-electron chi connectivity index (χ0n) is 17.2. The van der Waals surface area contributed by atoms with Gasteiger partial charge < -0.3 is 9.47 Å². The van der Waals surface area contributed by atoms with Gasteiger partial charge in [0.2, 0.25) is 0 Å². The molecule has 0 bridgehead atoms. The summed E-state index contributed by atoms with van der Waals surface area (Å²) in [5.41, 5.74) is 4.29. The van der Waals surface area contributed by atoms with Crippen LogP contribution in [-0.2, 0) is 11.4 Å². The number of ether oxygens (including phenoxy) is 2. The van der Waals surface area contributed by atoms with Gasteiger partial charge in [0.25, 0.3) is 5.91 Å². The summed E-state index contributed by atoms with van der Waals surface area (Å²) in [4.78, 5) is 12.0. The zero-order valence-corrected chi connectivity index (χ0v) is 18.0. The third kappa shape index (κ3) is 6.09. The minimum atomic E-state index is -0.343. The van der Waals surface area contributed by atoms with Gasteiger partial charge in [-0.05, 0) is 58.3 Å². The third-order valence-electron chi connectivity index (χ3n) is 4.67. The van der Waals surface area contributed by atoms with Gasteiger partial charge in [-0.2, -0.15) is 5.10 Å². The normalized spacial score (nSPS) is 10.9. The van der Waals surface area contributed by atoms with Crippen LogP contribution < -0.4 is 14.9 Å². The minimum Gasteiger partial charge on any atom is -0.489 e. The minimum absolute atomic E-state index is 0.125. The van der Waals surface area contributed by atoms with Crippen LogP contribution in [0.5, 0.6) is 11.5 Å². The van der Waals surface area contributed by atoms with Crippen molar-refractivity contribution >= 4 is 34.5 Å². The van der Waals surface area contributed by atoms with Crippen LogP contribution in [0.4, 0.5) is 0 Å². The van der Waals surface area contributed by atoms with Crippen molar-refractivity contribution in [3.8, 4) is 11.5 Å². The molecule has 0 aliphatic carbocycles. The third-order valence-corrected chi connectivity index (χ3v) is 4.92. The molecule has 1 amide bonds. The molecule has 0 saturated carbocycles. The maximum atomic E-state index is 12.0. The van der Waals surface area contributed by atoms with Crippen molar-refractivity contribution in [2.75, 3.05) is 6.61 Å². The molecule has 0 saturated heterocycles. The van der Waals surface area contributed by atoms with Crippen LogP contribution in [-0.4, -0.2) is 18.7 Å². The number of halogens is 1. The van der Waals surface area contributed by atoms with Crippen LogP contribution >= 0.6 is 11.6 Å². The number of carbonyl (C=O) groups excluding carboxylic acids is 1. The first-order valence-corrected chi connectivity index (χ1v) is 10.4. The Kier molecular flexibility index (Phi) is 7.00. The van der Waals surface area contributed by atoms with Crippen molar-refractivity contribution in [3.63, 3.8) is 0 Å². The molecule has 0 aromatic heterocycles. The number of benzene rings is 4. The first kappa shape index (κ1) is 21.4. The highest BCUT2D eigenvalue weighted by Gasteiger charge is 2.03. The molecule has 4 aromatic carbocycles. The lowest BCUT2D eigenvalue weighted by Crippen LogP contribution is -2.24. The highest BCUT2D eigenvalue weighted by molar-refractivity contribution is 6.30. The molecular weight excluding hydrogens is 424 g/mol. The topological polar surface area (TPSA) is 59.9 Å². The van der Waals surface area contributed by atoms with Crippen LogP contribution in [0.25, 0.3) is 10.8 Å². The van der Waals surface area contributed by atoms with Crippen LogP contribution in [0.15, 0.2) is 96.1 Å². The molecule has 160 valence electrons. The highest BCUT2D eigenvalue weighted by Crippen LogP contribution is 2.20. The summed E-state index contributed by atoms with van der Waals surface area (Å²) in [6, 6.07) is 28.6. The Morgan fingerprint density at radius 1 is 0.844 bits per heavy atom. The molecule has 0 unspecified atom stereocenters. The molecule has 5 nitrogen and oxygen atoms in total. The molecule has 0 aliphatic rings. The molecule has 32 heavy (non-hydrogen) atoms. The van der Waals surface area contributed by atoms with E-state index in [1.54, 1.807) is 6.21 Å². The van der Waals surface area contributed by atoms with Gasteiger partial charge in [0.1, 0.15) is 18.1 Å². The van der Waals surface area contributed by atoms with Crippen LogP contribution in [0.1, 0.15) is 11.1 Å². The van der Waals surface area contributed by atoms with Gasteiger partial charge in [-0.1, -0.05) is 66.2 Å². The molecule has 0 heterocycles. The van der Waals surface area contributed by atoms with Gasteiger partial charge >= 0.3 is 0 Å². The number of rotatable bonds is 8. The summed E-state index contributed by atoms with van der Waals surface area (Å²) in [5, 5.41) is 6.87. The first-order chi connectivity index (χ1) is 15.7. The van der Waals surface area contributed by atoms with Crippen molar-refractivity contribution in [1.82, 2.24) is 5.43 Å². The Hall–Kier alpha value is -3.83. The van der Waals surface area contributed by atoms with Crippen molar-refractivity contribution in [2.45, 2.75) is 6.61 Å². The van der Waals surface area contributed by atoms with E-state index in [9.17, 15) is 4.79 Å². The van der Waals surface area contributed by atoms with Gasteiger partial charge in [-0.25, -0.2) is 5.43 Å². The molecule has 0 atom stereocenters. The van der Waals surface area contributed by atoms with Gasteiger partial charge in [0.05, 0.1) is 6.21 Å². The summed E-state index contributed by atoms with van der Waals surface area (Å²) in [6.45, 7) is 0.306. The fourth-order valence-electron chi connectivity index (χ4n) is 3.05. The van der Waals surface area contributed by atoms with E-state index in [2.05, 4.69) is 10.5 Å². The molecule has 0 aliphatic heterocycles. The van der Waals surface area contributed by atoms with Gasteiger partial charge in [-0.3, -0.25) is 4.79 Å². The summed E-state index contributed by atoms with van der Waals surface area (Å²) in [6.07, 6.45) is 1.56. The standard InChI is InChI=1S/C26H21ClN2O3/c27-23-11-8-19(9-12-23)17-31-24-7-3-4-20(14-24)16-28-29-26(30)18-32-25-13-10-21-5-1-2-6-22(21)15-25/h1-16H,17-18H2,(H,29,30). The van der Waals surface area contributed by atoms with Gasteiger partial charge in [0.15, 0.2) is 6.61 Å². The Labute approximate surface area is 191 Å². The molecule has 6 heteroatoms. The van der Waals surface area contributed by atoms with Gasteiger partial charge in [-0.15, -0.1) is 0 Å². The lowest BCUT2D eigenvalue weighted by molar-refractivity contribution is -0.123. The van der Waals surface area contributed by atoms with E-state index in [0.717, 1.165) is 21.9 Å². The molecule has 1 N–H and O–H groups in total. The smallest absolute Gasteiger partial charge is 0.277 e. The zero-order chi connectivity index (χ0) is 22.2. The summed E-state index contributed by atoms with van der Waals surface area (Å²) >= 11 is 5.90.